The zero-order valence-corrected chi connectivity index (χ0v) is 21.2. The van der Waals surface area contributed by atoms with E-state index in [1.165, 1.54) is 12.3 Å². The van der Waals surface area contributed by atoms with Crippen LogP contribution < -0.4 is 11.1 Å². The van der Waals surface area contributed by atoms with E-state index in [-0.39, 0.29) is 28.7 Å². The Morgan fingerprint density at radius 3 is 2.63 bits per heavy atom. The van der Waals surface area contributed by atoms with Crippen LogP contribution in [0.15, 0.2) is 69.7 Å². The van der Waals surface area contributed by atoms with Crippen molar-refractivity contribution in [3.63, 3.8) is 0 Å². The molecule has 2 aliphatic rings. The van der Waals surface area contributed by atoms with Crippen molar-refractivity contribution in [2.75, 3.05) is 32.3 Å². The lowest BCUT2D eigenvalue weighted by atomic mass is 9.92. The van der Waals surface area contributed by atoms with Crippen LogP contribution in [0.4, 0.5) is 14.6 Å². The van der Waals surface area contributed by atoms with E-state index in [1.54, 1.807) is 42.5 Å². The first-order valence-electron chi connectivity index (χ1n) is 12.2. The molecule has 3 heterocycles. The number of aromatic nitrogens is 3. The first-order valence-corrected chi connectivity index (χ1v) is 13.7. The van der Waals surface area contributed by atoms with Gasteiger partial charge < -0.3 is 15.0 Å². The summed E-state index contributed by atoms with van der Waals surface area (Å²) >= 11 is 0. The number of allylic oxidation sites excluding steroid dienone is 2. The van der Waals surface area contributed by atoms with Gasteiger partial charge in [0.1, 0.15) is 13.0 Å². The highest BCUT2D eigenvalue weighted by atomic mass is 32.2. The van der Waals surface area contributed by atoms with Gasteiger partial charge in [-0.2, -0.15) is 0 Å². The van der Waals surface area contributed by atoms with Crippen molar-refractivity contribution in [1.29, 1.82) is 0 Å². The van der Waals surface area contributed by atoms with Gasteiger partial charge in [0.2, 0.25) is 0 Å². The molecule has 12 heteroatoms. The fourth-order valence-electron chi connectivity index (χ4n) is 4.54. The molecule has 0 radical (unpaired) electrons. The van der Waals surface area contributed by atoms with Gasteiger partial charge in [-0.1, -0.05) is 29.4 Å². The predicted octanol–water partition coefficient (Wildman–Crippen LogP) is 3.77. The van der Waals surface area contributed by atoms with Gasteiger partial charge in [-0.05, 0) is 36.6 Å². The monoisotopic (exact) mass is 543 g/mol. The molecule has 0 saturated carbocycles. The van der Waals surface area contributed by atoms with E-state index in [9.17, 15) is 17.2 Å². The number of benzene rings is 1. The number of hydrogen-bond acceptors (Lipinski definition) is 9. The fourth-order valence-corrected chi connectivity index (χ4v) is 6.25. The van der Waals surface area contributed by atoms with Crippen molar-refractivity contribution < 1.29 is 26.5 Å². The Kier molecular flexibility index (Phi) is 7.63. The molecule has 2 unspecified atom stereocenters. The number of nitrogens with two attached hydrogens (primary N) is 1. The number of hydrogen-bond donors (Lipinski definition) is 2. The van der Waals surface area contributed by atoms with E-state index in [0.717, 1.165) is 0 Å². The largest absolute Gasteiger partial charge is 0.382 e. The highest BCUT2D eigenvalue weighted by molar-refractivity contribution is 7.92. The van der Waals surface area contributed by atoms with Crippen molar-refractivity contribution in [2.45, 2.75) is 35.1 Å². The highest BCUT2D eigenvalue weighted by Gasteiger charge is 2.30. The second kappa shape index (κ2) is 11.1. The summed E-state index contributed by atoms with van der Waals surface area (Å²) in [6.07, 6.45) is 5.87. The van der Waals surface area contributed by atoms with Crippen LogP contribution >= 0.6 is 0 Å². The molecule has 0 amide bonds. The normalized spacial score (nSPS) is 20.4. The Labute approximate surface area is 218 Å². The molecule has 1 aromatic carbocycles. The molecule has 3 N–H and O–H groups in total. The van der Waals surface area contributed by atoms with Crippen LogP contribution in [0.1, 0.15) is 24.5 Å². The lowest BCUT2D eigenvalue weighted by Crippen LogP contribution is -2.28. The van der Waals surface area contributed by atoms with Gasteiger partial charge in [-0.25, -0.2) is 27.2 Å². The lowest BCUT2D eigenvalue weighted by molar-refractivity contribution is 0.0983. The molecule has 0 bridgehead atoms. The molecular formula is C26H27F2N5O4S. The van der Waals surface area contributed by atoms with Crippen LogP contribution in [0, 0.1) is 0 Å². The molecule has 200 valence electrons. The second-order valence-corrected chi connectivity index (χ2v) is 11.3. The number of alkyl halides is 2. The van der Waals surface area contributed by atoms with Crippen LogP contribution in [-0.4, -0.2) is 61.5 Å². The van der Waals surface area contributed by atoms with Crippen molar-refractivity contribution in [1.82, 2.24) is 20.4 Å². The van der Waals surface area contributed by atoms with E-state index in [1.807, 2.05) is 0 Å². The van der Waals surface area contributed by atoms with E-state index in [0.29, 0.717) is 48.6 Å². The first-order chi connectivity index (χ1) is 18.4. The zero-order valence-electron chi connectivity index (χ0n) is 20.4. The molecule has 1 aliphatic heterocycles. The van der Waals surface area contributed by atoms with Crippen molar-refractivity contribution in [3.8, 4) is 22.7 Å². The summed E-state index contributed by atoms with van der Waals surface area (Å²) in [6.45, 7) is 0.409. The van der Waals surface area contributed by atoms with Crippen molar-refractivity contribution in [2.24, 2.45) is 0 Å². The average Bonchev–Trinajstić information content (AvgIpc) is 3.42. The van der Waals surface area contributed by atoms with Gasteiger partial charge >= 0.3 is 0 Å². The summed E-state index contributed by atoms with van der Waals surface area (Å²) in [4.78, 5) is 9.02. The van der Waals surface area contributed by atoms with Gasteiger partial charge in [0.15, 0.2) is 27.1 Å². The molecule has 3 aromatic rings. The van der Waals surface area contributed by atoms with Gasteiger partial charge in [0.05, 0.1) is 33.6 Å². The number of nitrogens with one attached hydrogen (secondary N) is 1. The average molecular weight is 544 g/mol. The summed E-state index contributed by atoms with van der Waals surface area (Å²) in [5, 5.41) is 6.07. The van der Waals surface area contributed by atoms with Crippen LogP contribution in [0.25, 0.3) is 22.7 Å². The van der Waals surface area contributed by atoms with E-state index in [2.05, 4.69) is 20.4 Å². The molecular weight excluding hydrogens is 516 g/mol. The Balaban J connectivity index is 1.35. The zero-order chi connectivity index (χ0) is 26.7. The minimum Gasteiger partial charge on any atom is -0.382 e. The number of nitrogen functional groups attached to an aromatic ring is 1. The molecule has 1 fully saturated rings. The minimum atomic E-state index is -3.46. The summed E-state index contributed by atoms with van der Waals surface area (Å²) in [5.41, 5.74) is 8.38. The third kappa shape index (κ3) is 5.38. The number of sulfone groups is 1. The number of nitrogens with zero attached hydrogens (tertiary/aromatic N) is 3. The lowest BCUT2D eigenvalue weighted by Gasteiger charge is -2.22. The molecule has 2 atom stereocenters. The molecule has 1 aliphatic carbocycles. The van der Waals surface area contributed by atoms with Gasteiger partial charge in [0.25, 0.3) is 0 Å². The number of halogens is 2. The maximum atomic E-state index is 14.8. The van der Waals surface area contributed by atoms with Crippen molar-refractivity contribution >= 4 is 15.7 Å². The third-order valence-corrected chi connectivity index (χ3v) is 8.93. The molecule has 38 heavy (non-hydrogen) atoms. The van der Waals surface area contributed by atoms with Gasteiger partial charge in [-0.15, -0.1) is 0 Å². The summed E-state index contributed by atoms with van der Waals surface area (Å²) in [5.74, 6) is -0.352. The quantitative estimate of drug-likeness (QED) is 0.407. The molecule has 2 aromatic heterocycles. The maximum Gasteiger partial charge on any atom is 0.189 e. The van der Waals surface area contributed by atoms with E-state index in [4.69, 9.17) is 15.0 Å². The number of anilines is 1. The molecule has 0 spiro atoms. The molecule has 5 rings (SSSR count). The van der Waals surface area contributed by atoms with Crippen LogP contribution in [0.2, 0.25) is 0 Å². The van der Waals surface area contributed by atoms with Crippen LogP contribution in [0.5, 0.6) is 0 Å². The smallest absolute Gasteiger partial charge is 0.189 e. The predicted molar refractivity (Wildman–Crippen MR) is 137 cm³/mol. The van der Waals surface area contributed by atoms with Crippen LogP contribution in [0.3, 0.4) is 0 Å². The Hall–Kier alpha value is -3.48. The van der Waals surface area contributed by atoms with E-state index < -0.39 is 34.0 Å². The number of rotatable bonds is 8. The molecule has 9 nitrogen and oxygen atoms in total. The topological polar surface area (TPSA) is 133 Å². The van der Waals surface area contributed by atoms with E-state index >= 15 is 0 Å². The summed E-state index contributed by atoms with van der Waals surface area (Å²) < 4.78 is 63.8. The Bertz CT molecular complexity index is 1450. The van der Waals surface area contributed by atoms with Gasteiger partial charge in [0, 0.05) is 31.4 Å². The minimum absolute atomic E-state index is 0.102. The summed E-state index contributed by atoms with van der Waals surface area (Å²) in [6, 6.07) is 8.03. The fraction of sp³-hybridized carbons (Fsp3) is 0.346. The first kappa shape index (κ1) is 26.1. The third-order valence-electron chi connectivity index (χ3n) is 6.65. The number of ether oxygens (including phenoxy) is 1. The van der Waals surface area contributed by atoms with Crippen molar-refractivity contribution in [3.05, 3.63) is 66.0 Å². The molecule has 1 saturated heterocycles. The SMILES string of the molecule is Nc1ncc(-c2ccc(S(=O)(=O)C3CCOCC3)cc2)nc1-c1cc(C2C=CC(CNCF)=CC2F)no1. The van der Waals surface area contributed by atoms with Crippen LogP contribution in [-0.2, 0) is 14.6 Å². The standard InChI is InChI=1S/C26H27F2N5O4S/c27-15-30-13-16-1-6-20(21(28)11-16)22-12-24(37-33-22)25-26(29)31-14-23(32-25)17-2-4-18(5-3-17)38(34,35)19-7-9-36-10-8-19/h1-6,11-12,14,19-21,30H,7-10,13,15H2,(H2,29,31). The second-order valence-electron chi connectivity index (χ2n) is 9.12. The summed E-state index contributed by atoms with van der Waals surface area (Å²) in [7, 11) is -3.46. The van der Waals surface area contributed by atoms with Gasteiger partial charge in [-0.3, -0.25) is 5.32 Å². The Morgan fingerprint density at radius 1 is 1.16 bits per heavy atom. The highest BCUT2D eigenvalue weighted by Crippen LogP contribution is 2.33. The Morgan fingerprint density at radius 2 is 1.92 bits per heavy atom. The maximum absolute atomic E-state index is 14.8.